The quantitative estimate of drug-likeness (QED) is 0.378. The van der Waals surface area contributed by atoms with Gasteiger partial charge in [-0.05, 0) is 77.4 Å². The second-order valence-corrected chi connectivity index (χ2v) is 9.80. The van der Waals surface area contributed by atoms with Gasteiger partial charge in [-0.25, -0.2) is 9.18 Å². The van der Waals surface area contributed by atoms with Gasteiger partial charge >= 0.3 is 5.97 Å². The van der Waals surface area contributed by atoms with E-state index in [1.807, 2.05) is 6.07 Å². The number of carbonyl (C=O) groups is 2. The Morgan fingerprint density at radius 1 is 1.25 bits per heavy atom. The molecule has 0 unspecified atom stereocenters. The molecule has 0 radical (unpaired) electrons. The Bertz CT molecular complexity index is 1580. The van der Waals surface area contributed by atoms with E-state index in [1.54, 1.807) is 24.5 Å². The number of carbonyl (C=O) groups excluding carboxylic acids is 2. The second kappa shape index (κ2) is 7.72. The number of hydrogen-bond donors (Lipinski definition) is 3. The molecule has 0 fully saturated rings. The number of halogens is 1. The van der Waals surface area contributed by atoms with Crippen molar-refractivity contribution in [2.24, 2.45) is 0 Å². The van der Waals surface area contributed by atoms with Crippen molar-refractivity contribution >= 4 is 22.6 Å². The number of rotatable bonds is 3. The van der Waals surface area contributed by atoms with Crippen molar-refractivity contribution in [2.75, 3.05) is 6.61 Å². The van der Waals surface area contributed by atoms with Crippen LogP contribution in [0.15, 0.2) is 23.0 Å². The van der Waals surface area contributed by atoms with Crippen molar-refractivity contribution in [1.82, 2.24) is 9.88 Å². The monoisotopic (exact) mass is 492 g/mol. The van der Waals surface area contributed by atoms with E-state index in [1.165, 1.54) is 6.07 Å². The minimum Gasteiger partial charge on any atom is -0.458 e. The molecular formula is C27H25FN2O6. The van der Waals surface area contributed by atoms with Crippen molar-refractivity contribution < 1.29 is 28.9 Å². The Labute approximate surface area is 205 Å². The van der Waals surface area contributed by atoms with Crippen molar-refractivity contribution in [3.8, 4) is 11.3 Å². The van der Waals surface area contributed by atoms with E-state index < -0.39 is 30.1 Å². The van der Waals surface area contributed by atoms with Crippen LogP contribution in [-0.4, -0.2) is 33.3 Å². The molecule has 2 aromatic carbocycles. The first kappa shape index (κ1) is 22.9. The molecule has 1 amide bonds. The molecule has 2 aliphatic heterocycles. The number of fused-ring (bicyclic) bond motifs is 5. The van der Waals surface area contributed by atoms with Gasteiger partial charge in [-0.15, -0.1) is 0 Å². The highest BCUT2D eigenvalue weighted by molar-refractivity contribution is 5.98. The third-order valence-corrected chi connectivity index (χ3v) is 8.05. The summed E-state index contributed by atoms with van der Waals surface area (Å²) < 4.78 is 21.6. The first-order valence-electron chi connectivity index (χ1n) is 12.0. The van der Waals surface area contributed by atoms with E-state index in [2.05, 4.69) is 5.32 Å². The molecule has 3 heterocycles. The molecule has 3 aliphatic rings. The van der Waals surface area contributed by atoms with Gasteiger partial charge in [-0.1, -0.05) is 6.92 Å². The molecule has 0 spiro atoms. The summed E-state index contributed by atoms with van der Waals surface area (Å²) in [4.78, 5) is 38.2. The normalized spacial score (nSPS) is 21.6. The van der Waals surface area contributed by atoms with Crippen LogP contribution in [0, 0.1) is 12.7 Å². The summed E-state index contributed by atoms with van der Waals surface area (Å²) >= 11 is 0. The van der Waals surface area contributed by atoms with Crippen LogP contribution in [0.25, 0.3) is 22.0 Å². The molecular weight excluding hydrogens is 467 g/mol. The van der Waals surface area contributed by atoms with Crippen LogP contribution >= 0.6 is 0 Å². The summed E-state index contributed by atoms with van der Waals surface area (Å²) in [6, 6.07) is 4.55. The summed E-state index contributed by atoms with van der Waals surface area (Å²) in [5, 5.41) is 24.9. The SMILES string of the molecule is CC[C@@]1(O)C(=O)OCc2c1cc1n(c2=O)Cc2c-1cc1cc(F)c(C)c3c1c2[C@@H](NC(=O)CO)CC3. The largest absolute Gasteiger partial charge is 0.458 e. The fraction of sp³-hybridized carbons (Fsp3) is 0.370. The number of cyclic esters (lactones) is 1. The fourth-order valence-electron chi connectivity index (χ4n) is 6.14. The molecule has 8 nitrogen and oxygen atoms in total. The lowest BCUT2D eigenvalue weighted by atomic mass is 9.79. The number of hydrogen-bond acceptors (Lipinski definition) is 6. The Hall–Kier alpha value is -3.56. The summed E-state index contributed by atoms with van der Waals surface area (Å²) in [5.41, 5.74) is 2.47. The maximum atomic E-state index is 14.9. The maximum absolute atomic E-state index is 14.9. The zero-order valence-electron chi connectivity index (χ0n) is 19.9. The highest BCUT2D eigenvalue weighted by Crippen LogP contribution is 2.47. The maximum Gasteiger partial charge on any atom is 0.343 e. The lowest BCUT2D eigenvalue weighted by molar-refractivity contribution is -0.172. The molecule has 36 heavy (non-hydrogen) atoms. The van der Waals surface area contributed by atoms with Crippen molar-refractivity contribution in [3.63, 3.8) is 0 Å². The number of amides is 1. The van der Waals surface area contributed by atoms with Gasteiger partial charge in [0.15, 0.2) is 5.60 Å². The van der Waals surface area contributed by atoms with Gasteiger partial charge in [0.2, 0.25) is 5.91 Å². The number of pyridine rings is 1. The zero-order valence-corrected chi connectivity index (χ0v) is 19.9. The smallest absolute Gasteiger partial charge is 0.343 e. The Morgan fingerprint density at radius 3 is 2.75 bits per heavy atom. The number of aromatic nitrogens is 1. The Balaban J connectivity index is 1.66. The summed E-state index contributed by atoms with van der Waals surface area (Å²) in [7, 11) is 0. The van der Waals surface area contributed by atoms with Gasteiger partial charge in [-0.3, -0.25) is 9.59 Å². The zero-order chi connectivity index (χ0) is 25.5. The van der Waals surface area contributed by atoms with Crippen molar-refractivity contribution in [3.05, 3.63) is 67.8 Å². The van der Waals surface area contributed by atoms with E-state index in [-0.39, 0.29) is 42.1 Å². The van der Waals surface area contributed by atoms with E-state index >= 15 is 0 Å². The number of aryl methyl sites for hydroxylation is 1. The van der Waals surface area contributed by atoms with E-state index in [0.717, 1.165) is 22.1 Å². The molecule has 9 heteroatoms. The van der Waals surface area contributed by atoms with Gasteiger partial charge in [-0.2, -0.15) is 0 Å². The molecule has 2 atom stereocenters. The van der Waals surface area contributed by atoms with Gasteiger partial charge in [0, 0.05) is 11.1 Å². The van der Waals surface area contributed by atoms with Crippen LogP contribution < -0.4 is 10.9 Å². The Morgan fingerprint density at radius 2 is 2.03 bits per heavy atom. The molecule has 0 bridgehead atoms. The summed E-state index contributed by atoms with van der Waals surface area (Å²) in [6.45, 7) is 2.74. The Kier molecular flexibility index (Phi) is 4.90. The van der Waals surface area contributed by atoms with Crippen LogP contribution in [0.3, 0.4) is 0 Å². The first-order valence-corrected chi connectivity index (χ1v) is 12.0. The lowest BCUT2D eigenvalue weighted by Gasteiger charge is -2.31. The number of aliphatic hydroxyl groups is 2. The number of aliphatic hydroxyl groups excluding tert-OH is 1. The van der Waals surface area contributed by atoms with Gasteiger partial charge in [0.05, 0.1) is 23.8 Å². The van der Waals surface area contributed by atoms with E-state index in [9.17, 15) is 29.0 Å². The van der Waals surface area contributed by atoms with Crippen LogP contribution in [0.1, 0.15) is 59.2 Å². The molecule has 1 aliphatic carbocycles. The van der Waals surface area contributed by atoms with Crippen molar-refractivity contribution in [1.29, 1.82) is 0 Å². The molecule has 1 aromatic heterocycles. The first-order chi connectivity index (χ1) is 17.2. The minimum absolute atomic E-state index is 0.0423. The number of benzene rings is 2. The third kappa shape index (κ3) is 2.90. The number of nitrogens with zero attached hydrogens (tertiary/aromatic N) is 1. The topological polar surface area (TPSA) is 118 Å². The molecule has 6 rings (SSSR count). The average Bonchev–Trinajstić information content (AvgIpc) is 3.24. The van der Waals surface area contributed by atoms with Gasteiger partial charge in [0.25, 0.3) is 5.56 Å². The highest BCUT2D eigenvalue weighted by Gasteiger charge is 2.45. The average molecular weight is 493 g/mol. The summed E-state index contributed by atoms with van der Waals surface area (Å²) in [6.07, 6.45) is 1.13. The number of nitrogens with one attached hydrogen (secondary N) is 1. The van der Waals surface area contributed by atoms with Gasteiger partial charge < -0.3 is 24.8 Å². The van der Waals surface area contributed by atoms with E-state index in [0.29, 0.717) is 35.0 Å². The predicted octanol–water partition coefficient (Wildman–Crippen LogP) is 2.23. The van der Waals surface area contributed by atoms with Crippen molar-refractivity contribution in [2.45, 2.75) is 57.9 Å². The van der Waals surface area contributed by atoms with Crippen LogP contribution in [0.5, 0.6) is 0 Å². The van der Waals surface area contributed by atoms with Crippen LogP contribution in [0.4, 0.5) is 4.39 Å². The second-order valence-electron chi connectivity index (χ2n) is 9.80. The standard InChI is InChI=1S/C27H25FN2O6/c1-3-27(35)18-8-21-15-6-13-7-19(28)12(2)14-4-5-20(29-22(32)10-31)24(23(13)14)16(15)9-30(21)25(33)17(18)11-36-26(27)34/h6-8,20,31,35H,3-5,9-11H2,1-2H3,(H,29,32)/t20-,27-/m0/s1. The van der Waals surface area contributed by atoms with Gasteiger partial charge in [0.1, 0.15) is 19.0 Å². The lowest BCUT2D eigenvalue weighted by Crippen LogP contribution is -2.44. The summed E-state index contributed by atoms with van der Waals surface area (Å²) in [5.74, 6) is -1.63. The molecule has 0 saturated heterocycles. The van der Waals surface area contributed by atoms with E-state index in [4.69, 9.17) is 4.74 Å². The molecule has 3 aromatic rings. The number of esters is 1. The van der Waals surface area contributed by atoms with Crippen LogP contribution in [0.2, 0.25) is 0 Å². The van der Waals surface area contributed by atoms with Crippen LogP contribution in [-0.2, 0) is 39.5 Å². The highest BCUT2D eigenvalue weighted by atomic mass is 19.1. The predicted molar refractivity (Wildman–Crippen MR) is 128 cm³/mol. The molecule has 186 valence electrons. The molecule has 0 saturated carbocycles. The third-order valence-electron chi connectivity index (χ3n) is 8.05. The molecule has 3 N–H and O–H groups in total. The minimum atomic E-state index is -1.93. The fourth-order valence-corrected chi connectivity index (χ4v) is 6.14. The number of ether oxygens (including phenoxy) is 1.